The molecular formula is C10H16N2O3. The summed E-state index contributed by atoms with van der Waals surface area (Å²) < 4.78 is 0. The average molecular weight is 212 g/mol. The molecule has 0 spiro atoms. The molecule has 15 heavy (non-hydrogen) atoms. The van der Waals surface area contributed by atoms with E-state index in [-0.39, 0.29) is 11.8 Å². The highest BCUT2D eigenvalue weighted by atomic mass is 16.4. The Hall–Kier alpha value is -1.26. The molecule has 1 saturated heterocycles. The Kier molecular flexibility index (Phi) is 2.79. The molecule has 2 N–H and O–H groups in total. The molecule has 1 saturated carbocycles. The highest BCUT2D eigenvalue weighted by molar-refractivity contribution is 5.79. The lowest BCUT2D eigenvalue weighted by Gasteiger charge is -2.29. The lowest BCUT2D eigenvalue weighted by Crippen LogP contribution is -2.42. The molecule has 0 radical (unpaired) electrons. The van der Waals surface area contributed by atoms with Crippen molar-refractivity contribution in [3.63, 3.8) is 0 Å². The van der Waals surface area contributed by atoms with Gasteiger partial charge in [0, 0.05) is 25.0 Å². The van der Waals surface area contributed by atoms with Crippen LogP contribution in [0.4, 0.5) is 4.79 Å². The lowest BCUT2D eigenvalue weighted by atomic mass is 9.96. The fraction of sp³-hybridized carbons (Fsp3) is 0.800. The molecule has 2 amide bonds. The van der Waals surface area contributed by atoms with Gasteiger partial charge in [-0.15, -0.1) is 0 Å². The Morgan fingerprint density at radius 2 is 1.73 bits per heavy atom. The van der Waals surface area contributed by atoms with Crippen LogP contribution in [0.3, 0.4) is 0 Å². The van der Waals surface area contributed by atoms with Crippen LogP contribution < -0.4 is 5.32 Å². The SMILES string of the molecule is O=C(NC1CC1)C1CCN(C(=O)O)CC1. The van der Waals surface area contributed by atoms with E-state index in [1.807, 2.05) is 0 Å². The number of amides is 2. The summed E-state index contributed by atoms with van der Waals surface area (Å²) in [4.78, 5) is 23.7. The van der Waals surface area contributed by atoms with Crippen LogP contribution in [0.5, 0.6) is 0 Å². The zero-order valence-electron chi connectivity index (χ0n) is 8.61. The van der Waals surface area contributed by atoms with E-state index in [0.29, 0.717) is 32.0 Å². The number of carbonyl (C=O) groups is 2. The van der Waals surface area contributed by atoms with Gasteiger partial charge in [0.25, 0.3) is 0 Å². The monoisotopic (exact) mass is 212 g/mol. The predicted molar refractivity (Wildman–Crippen MR) is 53.5 cm³/mol. The normalized spacial score (nSPS) is 22.5. The topological polar surface area (TPSA) is 69.6 Å². The molecule has 0 aromatic rings. The fourth-order valence-corrected chi connectivity index (χ4v) is 1.88. The number of carbonyl (C=O) groups excluding carboxylic acids is 1. The molecule has 0 bridgehead atoms. The van der Waals surface area contributed by atoms with Crippen LogP contribution >= 0.6 is 0 Å². The molecule has 0 aromatic carbocycles. The second-order valence-electron chi connectivity index (χ2n) is 4.33. The molecule has 2 aliphatic rings. The summed E-state index contributed by atoms with van der Waals surface area (Å²) >= 11 is 0. The van der Waals surface area contributed by atoms with Crippen LogP contribution in [-0.4, -0.2) is 41.1 Å². The minimum Gasteiger partial charge on any atom is -0.465 e. The Labute approximate surface area is 88.4 Å². The summed E-state index contributed by atoms with van der Waals surface area (Å²) in [5.74, 6) is 0.128. The molecule has 5 heteroatoms. The van der Waals surface area contributed by atoms with Gasteiger partial charge >= 0.3 is 6.09 Å². The zero-order valence-corrected chi connectivity index (χ0v) is 8.61. The van der Waals surface area contributed by atoms with Gasteiger partial charge in [0.1, 0.15) is 0 Å². The number of likely N-dealkylation sites (tertiary alicyclic amines) is 1. The van der Waals surface area contributed by atoms with Gasteiger partial charge in [0.2, 0.25) is 5.91 Å². The van der Waals surface area contributed by atoms with Crippen molar-refractivity contribution in [1.82, 2.24) is 10.2 Å². The molecule has 2 rings (SSSR count). The Bertz CT molecular complexity index is 268. The lowest BCUT2D eigenvalue weighted by molar-refractivity contribution is -0.126. The van der Waals surface area contributed by atoms with Crippen LogP contribution in [0.15, 0.2) is 0 Å². The van der Waals surface area contributed by atoms with Crippen LogP contribution in [-0.2, 0) is 4.79 Å². The van der Waals surface area contributed by atoms with Gasteiger partial charge < -0.3 is 15.3 Å². The number of carboxylic acid groups (broad SMARTS) is 1. The predicted octanol–water partition coefficient (Wildman–Crippen LogP) is 0.655. The maximum absolute atomic E-state index is 11.6. The van der Waals surface area contributed by atoms with Gasteiger partial charge in [0.05, 0.1) is 0 Å². The van der Waals surface area contributed by atoms with E-state index >= 15 is 0 Å². The number of nitrogens with one attached hydrogen (secondary N) is 1. The minimum atomic E-state index is -0.879. The fourth-order valence-electron chi connectivity index (χ4n) is 1.88. The molecule has 2 fully saturated rings. The maximum atomic E-state index is 11.6. The highest BCUT2D eigenvalue weighted by Gasteiger charge is 2.30. The number of piperidine rings is 1. The Balaban J connectivity index is 1.76. The third kappa shape index (κ3) is 2.61. The first-order chi connectivity index (χ1) is 7.16. The van der Waals surface area contributed by atoms with Crippen molar-refractivity contribution in [3.05, 3.63) is 0 Å². The summed E-state index contributed by atoms with van der Waals surface area (Å²) in [5, 5.41) is 11.7. The molecule has 1 aliphatic heterocycles. The van der Waals surface area contributed by atoms with Crippen molar-refractivity contribution in [2.24, 2.45) is 5.92 Å². The van der Waals surface area contributed by atoms with Crippen molar-refractivity contribution in [2.45, 2.75) is 31.7 Å². The van der Waals surface area contributed by atoms with Crippen LogP contribution in [0.2, 0.25) is 0 Å². The van der Waals surface area contributed by atoms with Crippen molar-refractivity contribution in [2.75, 3.05) is 13.1 Å². The number of rotatable bonds is 2. The van der Waals surface area contributed by atoms with E-state index in [1.54, 1.807) is 0 Å². The van der Waals surface area contributed by atoms with Gasteiger partial charge in [0.15, 0.2) is 0 Å². The summed E-state index contributed by atoms with van der Waals surface area (Å²) in [6.45, 7) is 0.968. The van der Waals surface area contributed by atoms with Crippen LogP contribution in [0, 0.1) is 5.92 Å². The van der Waals surface area contributed by atoms with Crippen molar-refractivity contribution >= 4 is 12.0 Å². The minimum absolute atomic E-state index is 0.0150. The van der Waals surface area contributed by atoms with E-state index in [2.05, 4.69) is 5.32 Å². The number of hydrogen-bond acceptors (Lipinski definition) is 2. The molecule has 1 heterocycles. The molecule has 0 aromatic heterocycles. The van der Waals surface area contributed by atoms with Gasteiger partial charge in [-0.3, -0.25) is 4.79 Å². The average Bonchev–Trinajstić information content (AvgIpc) is 3.02. The molecule has 0 unspecified atom stereocenters. The van der Waals surface area contributed by atoms with Crippen molar-refractivity contribution in [3.8, 4) is 0 Å². The van der Waals surface area contributed by atoms with E-state index in [4.69, 9.17) is 5.11 Å². The second kappa shape index (κ2) is 4.08. The van der Waals surface area contributed by atoms with Crippen LogP contribution in [0.25, 0.3) is 0 Å². The maximum Gasteiger partial charge on any atom is 0.407 e. The molecule has 1 aliphatic carbocycles. The van der Waals surface area contributed by atoms with E-state index in [0.717, 1.165) is 12.8 Å². The summed E-state index contributed by atoms with van der Waals surface area (Å²) in [7, 11) is 0. The van der Waals surface area contributed by atoms with Crippen molar-refractivity contribution < 1.29 is 14.7 Å². The molecule has 84 valence electrons. The van der Waals surface area contributed by atoms with Gasteiger partial charge in [-0.25, -0.2) is 4.79 Å². The Morgan fingerprint density at radius 3 is 2.20 bits per heavy atom. The first kappa shape index (κ1) is 10.3. The summed E-state index contributed by atoms with van der Waals surface area (Å²) in [6.07, 6.45) is 2.63. The van der Waals surface area contributed by atoms with Crippen molar-refractivity contribution in [1.29, 1.82) is 0 Å². The third-order valence-electron chi connectivity index (χ3n) is 3.06. The Morgan fingerprint density at radius 1 is 1.13 bits per heavy atom. The van der Waals surface area contributed by atoms with Gasteiger partial charge in [-0.2, -0.15) is 0 Å². The second-order valence-corrected chi connectivity index (χ2v) is 4.33. The van der Waals surface area contributed by atoms with Crippen LogP contribution in [0.1, 0.15) is 25.7 Å². The number of hydrogen-bond donors (Lipinski definition) is 2. The first-order valence-electron chi connectivity index (χ1n) is 5.45. The van der Waals surface area contributed by atoms with Gasteiger partial charge in [-0.1, -0.05) is 0 Å². The zero-order chi connectivity index (χ0) is 10.8. The largest absolute Gasteiger partial charge is 0.465 e. The summed E-state index contributed by atoms with van der Waals surface area (Å²) in [6, 6.07) is 0.398. The van der Waals surface area contributed by atoms with E-state index in [1.165, 1.54) is 4.90 Å². The van der Waals surface area contributed by atoms with E-state index < -0.39 is 6.09 Å². The quantitative estimate of drug-likeness (QED) is 0.706. The smallest absolute Gasteiger partial charge is 0.407 e. The molecular weight excluding hydrogens is 196 g/mol. The number of nitrogens with zero attached hydrogens (tertiary/aromatic N) is 1. The summed E-state index contributed by atoms with van der Waals surface area (Å²) in [5.41, 5.74) is 0. The molecule has 5 nitrogen and oxygen atoms in total. The molecule has 0 atom stereocenters. The third-order valence-corrected chi connectivity index (χ3v) is 3.06. The first-order valence-corrected chi connectivity index (χ1v) is 5.45. The highest BCUT2D eigenvalue weighted by Crippen LogP contribution is 2.22. The van der Waals surface area contributed by atoms with E-state index in [9.17, 15) is 9.59 Å². The standard InChI is InChI=1S/C10H16N2O3/c13-9(11-8-1-2-8)7-3-5-12(6-4-7)10(14)15/h7-8H,1-6H2,(H,11,13)(H,14,15). The van der Waals surface area contributed by atoms with Gasteiger partial charge in [-0.05, 0) is 25.7 Å².